The molecule has 1 N–H and O–H groups in total. The number of anilines is 1. The number of rotatable bonds is 6. The van der Waals surface area contributed by atoms with Gasteiger partial charge in [0.15, 0.2) is 0 Å². The zero-order valence-electron chi connectivity index (χ0n) is 18.4. The van der Waals surface area contributed by atoms with Crippen LogP contribution < -0.4 is 15.0 Å². The van der Waals surface area contributed by atoms with Crippen molar-refractivity contribution in [2.24, 2.45) is 5.41 Å². The SMILES string of the molecule is Cc1ccc(C2(c3ccc(OCc4ccnc(N5CC6(CNC6)C5)n4)cc3)COC2)cc1. The monoisotopic (exact) mass is 428 g/mol. The Balaban J connectivity index is 1.11. The van der Waals surface area contributed by atoms with Gasteiger partial charge in [-0.05, 0) is 36.2 Å². The van der Waals surface area contributed by atoms with Gasteiger partial charge in [0.05, 0.1) is 24.3 Å². The van der Waals surface area contributed by atoms with E-state index in [4.69, 9.17) is 14.5 Å². The van der Waals surface area contributed by atoms with Crippen LogP contribution in [-0.4, -0.2) is 49.4 Å². The van der Waals surface area contributed by atoms with Crippen molar-refractivity contribution < 1.29 is 9.47 Å². The fourth-order valence-electron chi connectivity index (χ4n) is 4.93. The molecular weight excluding hydrogens is 400 g/mol. The molecule has 164 valence electrons. The highest BCUT2D eigenvalue weighted by atomic mass is 16.5. The Bertz CT molecular complexity index is 1100. The third kappa shape index (κ3) is 3.34. The number of hydrogen-bond acceptors (Lipinski definition) is 6. The largest absolute Gasteiger partial charge is 0.487 e. The van der Waals surface area contributed by atoms with Crippen LogP contribution in [0.2, 0.25) is 0 Å². The van der Waals surface area contributed by atoms with Gasteiger partial charge in [-0.3, -0.25) is 0 Å². The quantitative estimate of drug-likeness (QED) is 0.651. The number of nitrogens with one attached hydrogen (secondary N) is 1. The highest BCUT2D eigenvalue weighted by Crippen LogP contribution is 2.40. The third-order valence-electron chi connectivity index (χ3n) is 7.13. The zero-order chi connectivity index (χ0) is 21.6. The number of hydrogen-bond donors (Lipinski definition) is 1. The van der Waals surface area contributed by atoms with Crippen molar-refractivity contribution in [3.8, 4) is 5.75 Å². The number of aromatic nitrogens is 2. The van der Waals surface area contributed by atoms with E-state index >= 15 is 0 Å². The average molecular weight is 429 g/mol. The topological polar surface area (TPSA) is 59.5 Å². The van der Waals surface area contributed by atoms with E-state index in [0.717, 1.165) is 43.6 Å². The van der Waals surface area contributed by atoms with Crippen LogP contribution in [0, 0.1) is 12.3 Å². The molecule has 3 aliphatic rings. The lowest BCUT2D eigenvalue weighted by Gasteiger charge is -2.56. The van der Waals surface area contributed by atoms with Gasteiger partial charge in [0, 0.05) is 37.8 Å². The van der Waals surface area contributed by atoms with Gasteiger partial charge in [-0.15, -0.1) is 0 Å². The molecule has 3 aromatic rings. The standard InChI is InChI=1S/C26H28N4O2/c1-19-2-4-20(5-3-19)26(17-31-18-26)21-6-8-23(9-7-21)32-12-22-10-11-28-24(29-22)30-15-25(16-30)13-27-14-25/h2-11,27H,12-18H2,1H3. The molecule has 0 amide bonds. The lowest BCUT2D eigenvalue weighted by Crippen LogP contribution is -2.71. The summed E-state index contributed by atoms with van der Waals surface area (Å²) in [5, 5.41) is 3.36. The van der Waals surface area contributed by atoms with Crippen LogP contribution in [-0.2, 0) is 16.8 Å². The molecule has 3 fully saturated rings. The highest BCUT2D eigenvalue weighted by Gasteiger charge is 2.48. The molecule has 2 aromatic carbocycles. The zero-order valence-corrected chi connectivity index (χ0v) is 18.4. The van der Waals surface area contributed by atoms with Gasteiger partial charge in [0.1, 0.15) is 12.4 Å². The first-order valence-electron chi connectivity index (χ1n) is 11.3. The molecule has 4 heterocycles. The smallest absolute Gasteiger partial charge is 0.225 e. The molecule has 32 heavy (non-hydrogen) atoms. The first-order chi connectivity index (χ1) is 15.6. The summed E-state index contributed by atoms with van der Waals surface area (Å²) in [5.41, 5.74) is 5.14. The van der Waals surface area contributed by atoms with Crippen LogP contribution >= 0.6 is 0 Å². The Kier molecular flexibility index (Phi) is 4.66. The molecule has 6 heteroatoms. The maximum absolute atomic E-state index is 6.04. The number of ether oxygens (including phenoxy) is 2. The summed E-state index contributed by atoms with van der Waals surface area (Å²) in [6, 6.07) is 19.1. The van der Waals surface area contributed by atoms with Crippen LogP contribution in [0.1, 0.15) is 22.4 Å². The summed E-state index contributed by atoms with van der Waals surface area (Å²) in [7, 11) is 0. The van der Waals surface area contributed by atoms with Crippen LogP contribution in [0.3, 0.4) is 0 Å². The van der Waals surface area contributed by atoms with Crippen molar-refractivity contribution in [1.29, 1.82) is 0 Å². The van der Waals surface area contributed by atoms with Crippen LogP contribution in [0.5, 0.6) is 5.75 Å². The second-order valence-corrected chi connectivity index (χ2v) is 9.56. The minimum absolute atomic E-state index is 0.0572. The highest BCUT2D eigenvalue weighted by molar-refractivity contribution is 5.44. The first kappa shape index (κ1) is 19.7. The molecular formula is C26H28N4O2. The summed E-state index contributed by atoms with van der Waals surface area (Å²) in [6.07, 6.45) is 1.83. The van der Waals surface area contributed by atoms with Crippen LogP contribution in [0.15, 0.2) is 60.8 Å². The van der Waals surface area contributed by atoms with Gasteiger partial charge in [0.2, 0.25) is 5.95 Å². The van der Waals surface area contributed by atoms with E-state index in [1.54, 1.807) is 0 Å². The molecule has 6 nitrogen and oxygen atoms in total. The molecule has 0 saturated carbocycles. The maximum atomic E-state index is 6.04. The minimum Gasteiger partial charge on any atom is -0.487 e. The lowest BCUT2D eigenvalue weighted by atomic mass is 9.73. The predicted octanol–water partition coefficient (Wildman–Crippen LogP) is 3.09. The molecule has 0 atom stereocenters. The van der Waals surface area contributed by atoms with Gasteiger partial charge in [-0.1, -0.05) is 42.0 Å². The van der Waals surface area contributed by atoms with Crippen molar-refractivity contribution in [2.75, 3.05) is 44.3 Å². The van der Waals surface area contributed by atoms with Gasteiger partial charge in [-0.25, -0.2) is 9.97 Å². The Morgan fingerprint density at radius 2 is 1.66 bits per heavy atom. The van der Waals surface area contributed by atoms with Crippen LogP contribution in [0.25, 0.3) is 0 Å². The fourth-order valence-corrected chi connectivity index (χ4v) is 4.93. The van der Waals surface area contributed by atoms with E-state index < -0.39 is 0 Å². The molecule has 0 unspecified atom stereocenters. The summed E-state index contributed by atoms with van der Waals surface area (Å²) in [4.78, 5) is 11.4. The van der Waals surface area contributed by atoms with Gasteiger partial charge in [-0.2, -0.15) is 0 Å². The second kappa shape index (κ2) is 7.57. The summed E-state index contributed by atoms with van der Waals surface area (Å²) in [5.74, 6) is 1.65. The summed E-state index contributed by atoms with van der Waals surface area (Å²) in [6.45, 7) is 8.28. The minimum atomic E-state index is -0.0572. The van der Waals surface area contributed by atoms with Gasteiger partial charge < -0.3 is 19.7 Å². The number of benzene rings is 2. The van der Waals surface area contributed by atoms with E-state index in [-0.39, 0.29) is 5.41 Å². The predicted molar refractivity (Wildman–Crippen MR) is 123 cm³/mol. The van der Waals surface area contributed by atoms with Gasteiger partial charge >= 0.3 is 0 Å². The summed E-state index contributed by atoms with van der Waals surface area (Å²) < 4.78 is 11.7. The second-order valence-electron chi connectivity index (χ2n) is 9.56. The third-order valence-corrected chi connectivity index (χ3v) is 7.13. The van der Waals surface area contributed by atoms with Crippen molar-refractivity contribution in [3.05, 3.63) is 83.2 Å². The Labute approximate surface area is 188 Å². The molecule has 6 rings (SSSR count). The molecule has 1 aromatic heterocycles. The van der Waals surface area contributed by atoms with Gasteiger partial charge in [0.25, 0.3) is 0 Å². The molecule has 0 aliphatic carbocycles. The van der Waals surface area contributed by atoms with Crippen molar-refractivity contribution in [2.45, 2.75) is 18.9 Å². The number of nitrogens with zero attached hydrogens (tertiary/aromatic N) is 3. The van der Waals surface area contributed by atoms with E-state index in [1.807, 2.05) is 12.3 Å². The van der Waals surface area contributed by atoms with Crippen molar-refractivity contribution in [1.82, 2.24) is 15.3 Å². The summed E-state index contributed by atoms with van der Waals surface area (Å²) >= 11 is 0. The molecule has 0 radical (unpaired) electrons. The Morgan fingerprint density at radius 3 is 2.25 bits per heavy atom. The molecule has 1 spiro atoms. The molecule has 3 saturated heterocycles. The number of aryl methyl sites for hydroxylation is 1. The molecule has 0 bridgehead atoms. The fraction of sp³-hybridized carbons (Fsp3) is 0.385. The average Bonchev–Trinajstić information content (AvgIpc) is 2.72. The van der Waals surface area contributed by atoms with E-state index in [0.29, 0.717) is 25.2 Å². The first-order valence-corrected chi connectivity index (χ1v) is 11.3. The van der Waals surface area contributed by atoms with Crippen molar-refractivity contribution >= 4 is 5.95 Å². The van der Waals surface area contributed by atoms with E-state index in [2.05, 4.69) is 70.7 Å². The maximum Gasteiger partial charge on any atom is 0.225 e. The van der Waals surface area contributed by atoms with E-state index in [9.17, 15) is 0 Å². The normalized spacial score (nSPS) is 20.2. The Hall–Kier alpha value is -2.96. The van der Waals surface area contributed by atoms with E-state index in [1.165, 1.54) is 16.7 Å². The lowest BCUT2D eigenvalue weighted by molar-refractivity contribution is -0.0380. The molecule has 3 aliphatic heterocycles. The van der Waals surface area contributed by atoms with Crippen LogP contribution in [0.4, 0.5) is 5.95 Å². The van der Waals surface area contributed by atoms with Crippen molar-refractivity contribution in [3.63, 3.8) is 0 Å². The Morgan fingerprint density at radius 1 is 0.969 bits per heavy atom.